The Balaban J connectivity index is 1.64. The van der Waals surface area contributed by atoms with Crippen molar-refractivity contribution in [2.45, 2.75) is 5.92 Å². The van der Waals surface area contributed by atoms with Crippen molar-refractivity contribution in [2.75, 3.05) is 7.11 Å². The normalized spacial score (nSPS) is 11.9. The molecule has 0 fully saturated rings. The molecular formula is C21H13FN2O2S2. The Hall–Kier alpha value is -3.08. The van der Waals surface area contributed by atoms with Crippen LogP contribution in [0.25, 0.3) is 21.3 Å². The largest absolute Gasteiger partial charge is 0.497 e. The molecule has 0 bridgehead atoms. The van der Waals surface area contributed by atoms with Gasteiger partial charge in [-0.2, -0.15) is 5.26 Å². The third kappa shape index (κ3) is 3.28. The molecule has 2 aromatic heterocycles. The molecule has 138 valence electrons. The van der Waals surface area contributed by atoms with E-state index in [1.165, 1.54) is 34.8 Å². The van der Waals surface area contributed by atoms with Crippen molar-refractivity contribution in [3.05, 3.63) is 69.6 Å². The van der Waals surface area contributed by atoms with Crippen molar-refractivity contribution in [3.8, 4) is 23.1 Å². The first-order valence-electron chi connectivity index (χ1n) is 8.32. The average molecular weight is 408 g/mol. The summed E-state index contributed by atoms with van der Waals surface area (Å²) in [6.45, 7) is 0. The van der Waals surface area contributed by atoms with E-state index in [-0.39, 0.29) is 11.6 Å². The topological polar surface area (TPSA) is 63.0 Å². The van der Waals surface area contributed by atoms with Crippen molar-refractivity contribution in [1.82, 2.24) is 4.98 Å². The zero-order valence-electron chi connectivity index (χ0n) is 14.7. The number of ether oxygens (including phenoxy) is 1. The Morgan fingerprint density at radius 3 is 2.71 bits per heavy atom. The van der Waals surface area contributed by atoms with E-state index in [0.29, 0.717) is 25.7 Å². The van der Waals surface area contributed by atoms with Crippen molar-refractivity contribution in [2.24, 2.45) is 0 Å². The molecule has 28 heavy (non-hydrogen) atoms. The van der Waals surface area contributed by atoms with E-state index in [2.05, 4.69) is 4.98 Å². The third-order valence-electron chi connectivity index (χ3n) is 4.30. The van der Waals surface area contributed by atoms with Crippen LogP contribution in [0.2, 0.25) is 0 Å². The molecule has 0 aliphatic heterocycles. The van der Waals surface area contributed by atoms with Gasteiger partial charge in [-0.05, 0) is 42.5 Å². The second-order valence-electron chi connectivity index (χ2n) is 5.99. The van der Waals surface area contributed by atoms with Gasteiger partial charge < -0.3 is 4.74 Å². The number of hydrogen-bond donors (Lipinski definition) is 0. The first-order valence-corrected chi connectivity index (χ1v) is 10.0. The predicted molar refractivity (Wildman–Crippen MR) is 109 cm³/mol. The van der Waals surface area contributed by atoms with Crippen molar-refractivity contribution in [3.63, 3.8) is 0 Å². The second-order valence-corrected chi connectivity index (χ2v) is 7.96. The van der Waals surface area contributed by atoms with Gasteiger partial charge in [-0.25, -0.2) is 9.37 Å². The number of nitrogens with zero attached hydrogens (tertiary/aromatic N) is 2. The van der Waals surface area contributed by atoms with Gasteiger partial charge in [0.05, 0.1) is 23.8 Å². The molecule has 0 aliphatic carbocycles. The van der Waals surface area contributed by atoms with Gasteiger partial charge in [-0.1, -0.05) is 6.07 Å². The van der Waals surface area contributed by atoms with Gasteiger partial charge in [-0.3, -0.25) is 4.79 Å². The van der Waals surface area contributed by atoms with Gasteiger partial charge in [0.2, 0.25) is 0 Å². The van der Waals surface area contributed by atoms with Crippen LogP contribution < -0.4 is 4.74 Å². The average Bonchev–Trinajstić information content (AvgIpc) is 3.37. The van der Waals surface area contributed by atoms with E-state index in [0.717, 1.165) is 11.3 Å². The van der Waals surface area contributed by atoms with Crippen LogP contribution in [0.1, 0.15) is 20.6 Å². The fourth-order valence-corrected chi connectivity index (χ4v) is 4.74. The summed E-state index contributed by atoms with van der Waals surface area (Å²) >= 11 is 2.45. The third-order valence-corrected chi connectivity index (χ3v) is 6.32. The summed E-state index contributed by atoms with van der Waals surface area (Å²) in [6.07, 6.45) is 0. The lowest BCUT2D eigenvalue weighted by atomic mass is 10.0. The van der Waals surface area contributed by atoms with Crippen LogP contribution in [0.15, 0.2) is 53.9 Å². The van der Waals surface area contributed by atoms with E-state index >= 15 is 0 Å². The maximum atomic E-state index is 13.9. The Morgan fingerprint density at radius 2 is 2.04 bits per heavy atom. The number of nitriles is 1. The summed E-state index contributed by atoms with van der Waals surface area (Å²) < 4.78 is 19.8. The van der Waals surface area contributed by atoms with Gasteiger partial charge in [-0.15, -0.1) is 22.7 Å². The maximum Gasteiger partial charge on any atom is 0.196 e. The lowest BCUT2D eigenvalue weighted by Gasteiger charge is -2.03. The van der Waals surface area contributed by atoms with Crippen LogP contribution in [0, 0.1) is 17.1 Å². The molecule has 4 aromatic rings. The van der Waals surface area contributed by atoms with E-state index in [4.69, 9.17) is 4.74 Å². The van der Waals surface area contributed by atoms with Crippen LogP contribution in [0.4, 0.5) is 4.39 Å². The number of Topliss-reactive ketones (excluding diaryl/α,β-unsaturated/α-hetero) is 1. The minimum absolute atomic E-state index is 0.354. The van der Waals surface area contributed by atoms with Crippen LogP contribution in [0.3, 0.4) is 0 Å². The Kier molecular flexibility index (Phi) is 4.90. The molecule has 0 amide bonds. The lowest BCUT2D eigenvalue weighted by Crippen LogP contribution is -2.09. The van der Waals surface area contributed by atoms with Gasteiger partial charge in [0.25, 0.3) is 0 Å². The van der Waals surface area contributed by atoms with E-state index < -0.39 is 5.92 Å². The molecule has 4 nitrogen and oxygen atoms in total. The van der Waals surface area contributed by atoms with E-state index in [9.17, 15) is 14.4 Å². The van der Waals surface area contributed by atoms with Crippen molar-refractivity contribution < 1.29 is 13.9 Å². The molecule has 0 aliphatic rings. The summed E-state index contributed by atoms with van der Waals surface area (Å²) in [5.74, 6) is -1.02. The van der Waals surface area contributed by atoms with Crippen molar-refractivity contribution in [1.29, 1.82) is 5.26 Å². The molecule has 1 unspecified atom stereocenters. The Morgan fingerprint density at radius 1 is 1.25 bits per heavy atom. The molecule has 0 radical (unpaired) electrons. The number of hydrogen-bond acceptors (Lipinski definition) is 6. The molecule has 2 aromatic carbocycles. The Bertz CT molecular complexity index is 1210. The number of ketones is 1. The number of methoxy groups -OCH3 is 1. The predicted octanol–water partition coefficient (Wildman–Crippen LogP) is 5.66. The molecule has 0 N–H and O–H groups in total. The quantitative estimate of drug-likeness (QED) is 0.400. The minimum Gasteiger partial charge on any atom is -0.497 e. The Labute approximate surface area is 168 Å². The SMILES string of the molecule is COc1ccc(-c2csc(C(C#N)C(=O)c3cc4c(F)cccc4s3)n2)cc1. The highest BCUT2D eigenvalue weighted by atomic mass is 32.1. The van der Waals surface area contributed by atoms with Crippen LogP contribution >= 0.6 is 22.7 Å². The highest BCUT2D eigenvalue weighted by Gasteiger charge is 2.27. The van der Waals surface area contributed by atoms with Crippen LogP contribution in [0.5, 0.6) is 5.75 Å². The number of fused-ring (bicyclic) bond motifs is 1. The number of thiazole rings is 1. The number of carbonyl (C=O) groups is 1. The highest BCUT2D eigenvalue weighted by Crippen LogP contribution is 2.33. The van der Waals surface area contributed by atoms with Gasteiger partial charge in [0.15, 0.2) is 11.7 Å². The first kappa shape index (κ1) is 18.3. The standard InChI is InChI=1S/C21H13FN2O2S2/c1-26-13-7-5-12(6-8-13)17-11-27-21(24-17)15(10-23)20(25)19-9-14-16(22)3-2-4-18(14)28-19/h2-9,11,15H,1H3. The maximum absolute atomic E-state index is 13.9. The number of halogens is 1. The lowest BCUT2D eigenvalue weighted by molar-refractivity contribution is 0.0983. The van der Waals surface area contributed by atoms with E-state index in [1.54, 1.807) is 19.2 Å². The zero-order valence-corrected chi connectivity index (χ0v) is 16.3. The minimum atomic E-state index is -1.02. The van der Waals surface area contributed by atoms with Crippen molar-refractivity contribution >= 4 is 38.5 Å². The highest BCUT2D eigenvalue weighted by molar-refractivity contribution is 7.21. The molecule has 1 atom stereocenters. The molecular weight excluding hydrogens is 395 g/mol. The molecule has 0 spiro atoms. The molecule has 2 heterocycles. The fourth-order valence-electron chi connectivity index (χ4n) is 2.83. The molecule has 4 rings (SSSR count). The number of carbonyl (C=O) groups excluding carboxylic acids is 1. The molecule has 0 saturated heterocycles. The zero-order chi connectivity index (χ0) is 19.7. The van der Waals surface area contributed by atoms with Crippen LogP contribution in [-0.2, 0) is 0 Å². The number of aromatic nitrogens is 1. The van der Waals surface area contributed by atoms with Gasteiger partial charge in [0.1, 0.15) is 16.6 Å². The first-order chi connectivity index (χ1) is 13.6. The van der Waals surface area contributed by atoms with Gasteiger partial charge in [0, 0.05) is 21.0 Å². The van der Waals surface area contributed by atoms with Crippen LogP contribution in [-0.4, -0.2) is 17.9 Å². The monoisotopic (exact) mass is 408 g/mol. The van der Waals surface area contributed by atoms with Gasteiger partial charge >= 0.3 is 0 Å². The summed E-state index contributed by atoms with van der Waals surface area (Å²) in [6, 6.07) is 15.7. The number of benzene rings is 2. The smallest absolute Gasteiger partial charge is 0.196 e. The summed E-state index contributed by atoms with van der Waals surface area (Å²) in [5.41, 5.74) is 1.56. The number of thiophene rings is 1. The summed E-state index contributed by atoms with van der Waals surface area (Å²) in [5, 5.41) is 12.2. The summed E-state index contributed by atoms with van der Waals surface area (Å²) in [7, 11) is 1.60. The number of rotatable bonds is 5. The molecule has 7 heteroatoms. The fraction of sp³-hybridized carbons (Fsp3) is 0.0952. The summed E-state index contributed by atoms with van der Waals surface area (Å²) in [4.78, 5) is 17.7. The molecule has 0 saturated carbocycles. The van der Waals surface area contributed by atoms with E-state index in [1.807, 2.05) is 35.7 Å². The second kappa shape index (κ2) is 7.50.